The molecule has 0 aromatic carbocycles. The van der Waals surface area contributed by atoms with Gasteiger partial charge in [0.1, 0.15) is 0 Å². The topological polar surface area (TPSA) is 47.3 Å². The molecule has 1 aliphatic rings. The third-order valence-electron chi connectivity index (χ3n) is 2.85. The number of hydrogen-bond donors (Lipinski definition) is 2. The van der Waals surface area contributed by atoms with E-state index in [4.69, 9.17) is 10.6 Å². The van der Waals surface area contributed by atoms with Gasteiger partial charge in [0.25, 0.3) is 0 Å². The SMILES string of the molecule is C=CCCCC(NN)C1CCC(C)O1. The average molecular weight is 198 g/mol. The number of hydrazine groups is 1. The summed E-state index contributed by atoms with van der Waals surface area (Å²) in [6.07, 6.45) is 8.20. The van der Waals surface area contributed by atoms with Crippen LogP contribution in [0.4, 0.5) is 0 Å². The minimum absolute atomic E-state index is 0.305. The molecular weight excluding hydrogens is 176 g/mol. The van der Waals surface area contributed by atoms with Crippen molar-refractivity contribution in [3.05, 3.63) is 12.7 Å². The Hall–Kier alpha value is -0.380. The van der Waals surface area contributed by atoms with E-state index in [-0.39, 0.29) is 0 Å². The Morgan fingerprint density at radius 2 is 2.43 bits per heavy atom. The van der Waals surface area contributed by atoms with Gasteiger partial charge in [0.05, 0.1) is 12.2 Å². The molecule has 1 rings (SSSR count). The molecule has 0 spiro atoms. The van der Waals surface area contributed by atoms with Crippen LogP contribution in [0.15, 0.2) is 12.7 Å². The molecule has 1 fully saturated rings. The highest BCUT2D eigenvalue weighted by Gasteiger charge is 2.28. The Bertz CT molecular complexity index is 173. The summed E-state index contributed by atoms with van der Waals surface area (Å²) in [7, 11) is 0. The van der Waals surface area contributed by atoms with Crippen LogP contribution >= 0.6 is 0 Å². The minimum Gasteiger partial charge on any atom is -0.374 e. The fourth-order valence-corrected chi connectivity index (χ4v) is 1.99. The average Bonchev–Trinajstić information content (AvgIpc) is 2.60. The first-order valence-corrected chi connectivity index (χ1v) is 5.50. The summed E-state index contributed by atoms with van der Waals surface area (Å²) in [4.78, 5) is 0. The number of unbranched alkanes of at least 4 members (excludes halogenated alkanes) is 1. The van der Waals surface area contributed by atoms with Gasteiger partial charge < -0.3 is 4.74 Å². The van der Waals surface area contributed by atoms with E-state index in [0.29, 0.717) is 18.2 Å². The van der Waals surface area contributed by atoms with E-state index in [0.717, 1.165) is 32.1 Å². The van der Waals surface area contributed by atoms with E-state index >= 15 is 0 Å². The second kappa shape index (κ2) is 6.17. The summed E-state index contributed by atoms with van der Waals surface area (Å²) in [5.74, 6) is 5.52. The molecule has 0 aromatic heterocycles. The zero-order chi connectivity index (χ0) is 10.4. The monoisotopic (exact) mass is 198 g/mol. The molecule has 3 atom stereocenters. The number of hydrogen-bond acceptors (Lipinski definition) is 3. The number of ether oxygens (including phenoxy) is 1. The molecule has 1 heterocycles. The summed E-state index contributed by atoms with van der Waals surface area (Å²) < 4.78 is 5.78. The maximum absolute atomic E-state index is 5.78. The quantitative estimate of drug-likeness (QED) is 0.296. The lowest BCUT2D eigenvalue weighted by molar-refractivity contribution is 0.0297. The third kappa shape index (κ3) is 3.40. The lowest BCUT2D eigenvalue weighted by atomic mass is 10.0. The highest BCUT2D eigenvalue weighted by Crippen LogP contribution is 2.23. The van der Waals surface area contributed by atoms with Crippen LogP contribution in [0.3, 0.4) is 0 Å². The number of rotatable bonds is 6. The Balaban J connectivity index is 2.26. The van der Waals surface area contributed by atoms with E-state index in [1.54, 1.807) is 0 Å². The van der Waals surface area contributed by atoms with Gasteiger partial charge in [0, 0.05) is 6.04 Å². The first-order chi connectivity index (χ1) is 6.77. The molecule has 0 radical (unpaired) electrons. The van der Waals surface area contributed by atoms with Crippen LogP contribution in [-0.4, -0.2) is 18.2 Å². The predicted molar refractivity (Wildman–Crippen MR) is 58.7 cm³/mol. The van der Waals surface area contributed by atoms with Crippen molar-refractivity contribution < 1.29 is 4.74 Å². The summed E-state index contributed by atoms with van der Waals surface area (Å²) in [5.41, 5.74) is 2.86. The van der Waals surface area contributed by atoms with E-state index in [2.05, 4.69) is 18.9 Å². The molecular formula is C11H22N2O. The molecule has 82 valence electrons. The van der Waals surface area contributed by atoms with Gasteiger partial charge >= 0.3 is 0 Å². The fraction of sp³-hybridized carbons (Fsp3) is 0.818. The zero-order valence-electron chi connectivity index (χ0n) is 9.04. The third-order valence-corrected chi connectivity index (χ3v) is 2.85. The van der Waals surface area contributed by atoms with Gasteiger partial charge in [-0.1, -0.05) is 6.08 Å². The Morgan fingerprint density at radius 1 is 1.64 bits per heavy atom. The molecule has 1 aliphatic heterocycles. The normalized spacial score (nSPS) is 29.0. The van der Waals surface area contributed by atoms with Crippen molar-refractivity contribution >= 4 is 0 Å². The van der Waals surface area contributed by atoms with Crippen molar-refractivity contribution in [3.8, 4) is 0 Å². The van der Waals surface area contributed by atoms with E-state index in [1.807, 2.05) is 6.08 Å². The van der Waals surface area contributed by atoms with Gasteiger partial charge in [-0.25, -0.2) is 0 Å². The molecule has 0 amide bonds. The molecule has 14 heavy (non-hydrogen) atoms. The van der Waals surface area contributed by atoms with Gasteiger partial charge in [0.15, 0.2) is 0 Å². The standard InChI is InChI=1S/C11H22N2O/c1-3-4-5-6-10(13-12)11-8-7-9(2)14-11/h3,9-11,13H,1,4-8,12H2,2H3. The predicted octanol–water partition coefficient (Wildman–Crippen LogP) is 1.74. The lowest BCUT2D eigenvalue weighted by Crippen LogP contribution is -2.43. The maximum atomic E-state index is 5.78. The van der Waals surface area contributed by atoms with Crippen LogP contribution < -0.4 is 11.3 Å². The van der Waals surface area contributed by atoms with Crippen LogP contribution in [0.2, 0.25) is 0 Å². The van der Waals surface area contributed by atoms with Gasteiger partial charge in [-0.2, -0.15) is 0 Å². The smallest absolute Gasteiger partial charge is 0.0746 e. The van der Waals surface area contributed by atoms with Crippen LogP contribution in [-0.2, 0) is 4.74 Å². The molecule has 3 unspecified atom stereocenters. The summed E-state index contributed by atoms with van der Waals surface area (Å²) in [5, 5.41) is 0. The molecule has 0 aliphatic carbocycles. The largest absolute Gasteiger partial charge is 0.374 e. The molecule has 3 nitrogen and oxygen atoms in total. The molecule has 3 N–H and O–H groups in total. The highest BCUT2D eigenvalue weighted by molar-refractivity contribution is 4.82. The molecule has 3 heteroatoms. The zero-order valence-corrected chi connectivity index (χ0v) is 9.04. The van der Waals surface area contributed by atoms with Crippen LogP contribution in [0.5, 0.6) is 0 Å². The molecule has 0 bridgehead atoms. The number of nitrogens with one attached hydrogen (secondary N) is 1. The maximum Gasteiger partial charge on any atom is 0.0746 e. The van der Waals surface area contributed by atoms with Crippen molar-refractivity contribution in [2.45, 2.75) is 57.3 Å². The van der Waals surface area contributed by atoms with Gasteiger partial charge in [-0.05, 0) is 39.0 Å². The van der Waals surface area contributed by atoms with E-state index < -0.39 is 0 Å². The van der Waals surface area contributed by atoms with Crippen molar-refractivity contribution in [2.24, 2.45) is 5.84 Å². The van der Waals surface area contributed by atoms with Crippen molar-refractivity contribution in [1.82, 2.24) is 5.43 Å². The summed E-state index contributed by atoms with van der Waals surface area (Å²) in [6, 6.07) is 0.305. The molecule has 0 saturated carbocycles. The van der Waals surface area contributed by atoms with Crippen LogP contribution in [0, 0.1) is 0 Å². The highest BCUT2D eigenvalue weighted by atomic mass is 16.5. The van der Waals surface area contributed by atoms with Crippen molar-refractivity contribution in [1.29, 1.82) is 0 Å². The fourth-order valence-electron chi connectivity index (χ4n) is 1.99. The Morgan fingerprint density at radius 3 is 2.93 bits per heavy atom. The van der Waals surface area contributed by atoms with Crippen LogP contribution in [0.1, 0.15) is 39.0 Å². The van der Waals surface area contributed by atoms with E-state index in [1.165, 1.54) is 0 Å². The summed E-state index contributed by atoms with van der Waals surface area (Å²) >= 11 is 0. The number of nitrogens with two attached hydrogens (primary N) is 1. The summed E-state index contributed by atoms with van der Waals surface area (Å²) in [6.45, 7) is 5.83. The second-order valence-corrected chi connectivity index (χ2v) is 4.06. The Kier molecular flexibility index (Phi) is 5.15. The van der Waals surface area contributed by atoms with Crippen molar-refractivity contribution in [2.75, 3.05) is 0 Å². The first kappa shape index (κ1) is 11.7. The second-order valence-electron chi connectivity index (χ2n) is 4.06. The lowest BCUT2D eigenvalue weighted by Gasteiger charge is -2.22. The Labute approximate surface area is 86.7 Å². The van der Waals surface area contributed by atoms with Crippen LogP contribution in [0.25, 0.3) is 0 Å². The number of allylic oxidation sites excluding steroid dienone is 1. The van der Waals surface area contributed by atoms with Crippen molar-refractivity contribution in [3.63, 3.8) is 0 Å². The molecule has 1 saturated heterocycles. The first-order valence-electron chi connectivity index (χ1n) is 5.50. The van der Waals surface area contributed by atoms with Gasteiger partial charge in [-0.15, -0.1) is 6.58 Å². The van der Waals surface area contributed by atoms with Gasteiger partial charge in [0.2, 0.25) is 0 Å². The minimum atomic E-state index is 0.305. The molecule has 0 aromatic rings. The van der Waals surface area contributed by atoms with E-state index in [9.17, 15) is 0 Å². The van der Waals surface area contributed by atoms with Gasteiger partial charge in [-0.3, -0.25) is 11.3 Å².